The molecule has 0 amide bonds. The van der Waals surface area contributed by atoms with Crippen LogP contribution in [0, 0.1) is 18.8 Å². The maximum Gasteiger partial charge on any atom is 0.392 e. The van der Waals surface area contributed by atoms with Crippen LogP contribution in [0.2, 0.25) is 0 Å². The van der Waals surface area contributed by atoms with Crippen LogP contribution in [0.25, 0.3) is 0 Å². The van der Waals surface area contributed by atoms with Crippen LogP contribution in [-0.2, 0) is 0 Å². The molecule has 21 heavy (non-hydrogen) atoms. The molecule has 0 bridgehead atoms. The molecular weight excluding hydrogens is 295 g/mol. The van der Waals surface area contributed by atoms with Crippen molar-refractivity contribution in [2.75, 3.05) is 6.54 Å². The summed E-state index contributed by atoms with van der Waals surface area (Å²) in [6, 6.07) is 1.83. The molecule has 1 aliphatic carbocycles. The van der Waals surface area contributed by atoms with Crippen molar-refractivity contribution in [3.63, 3.8) is 0 Å². The Balaban J connectivity index is 2.27. The van der Waals surface area contributed by atoms with Crippen molar-refractivity contribution in [1.29, 1.82) is 0 Å². The van der Waals surface area contributed by atoms with Crippen molar-refractivity contribution in [2.45, 2.75) is 58.2 Å². The quantitative estimate of drug-likeness (QED) is 0.759. The smallest absolute Gasteiger partial charge is 0.310 e. The zero-order valence-corrected chi connectivity index (χ0v) is 13.5. The van der Waals surface area contributed by atoms with Crippen LogP contribution in [0.1, 0.15) is 55.5 Å². The van der Waals surface area contributed by atoms with E-state index >= 15 is 0 Å². The van der Waals surface area contributed by atoms with Crippen molar-refractivity contribution >= 4 is 11.3 Å². The van der Waals surface area contributed by atoms with Crippen molar-refractivity contribution < 1.29 is 13.2 Å². The van der Waals surface area contributed by atoms with Gasteiger partial charge in [0.25, 0.3) is 0 Å². The Morgan fingerprint density at radius 2 is 2.05 bits per heavy atom. The second-order valence-corrected chi connectivity index (χ2v) is 7.08. The van der Waals surface area contributed by atoms with Gasteiger partial charge >= 0.3 is 6.18 Å². The number of aryl methyl sites for hydroxylation is 1. The fourth-order valence-electron chi connectivity index (χ4n) is 3.47. The lowest BCUT2D eigenvalue weighted by Crippen LogP contribution is -2.41. The average molecular weight is 319 g/mol. The first-order chi connectivity index (χ1) is 9.95. The molecule has 0 aromatic carbocycles. The summed E-state index contributed by atoms with van der Waals surface area (Å²) in [6.07, 6.45) is -0.596. The Bertz CT molecular complexity index is 441. The van der Waals surface area contributed by atoms with Gasteiger partial charge in [0.2, 0.25) is 0 Å². The summed E-state index contributed by atoms with van der Waals surface area (Å²) >= 11 is 1.62. The fourth-order valence-corrected chi connectivity index (χ4v) is 4.22. The maximum absolute atomic E-state index is 13.4. The molecule has 120 valence electrons. The molecule has 2 rings (SSSR count). The van der Waals surface area contributed by atoms with Crippen LogP contribution in [0.15, 0.2) is 11.4 Å². The second kappa shape index (κ2) is 7.14. The van der Waals surface area contributed by atoms with Gasteiger partial charge in [-0.05, 0) is 55.7 Å². The van der Waals surface area contributed by atoms with Crippen LogP contribution in [0.3, 0.4) is 0 Å². The van der Waals surface area contributed by atoms with Gasteiger partial charge in [0.1, 0.15) is 0 Å². The molecule has 3 atom stereocenters. The van der Waals surface area contributed by atoms with Gasteiger partial charge in [-0.25, -0.2) is 0 Å². The summed E-state index contributed by atoms with van der Waals surface area (Å²) in [7, 11) is 0. The first kappa shape index (κ1) is 16.8. The molecule has 1 N–H and O–H groups in total. The Labute approximate surface area is 128 Å². The molecule has 1 nitrogen and oxygen atoms in total. The van der Waals surface area contributed by atoms with Gasteiger partial charge in [0.05, 0.1) is 5.92 Å². The Hall–Kier alpha value is -0.550. The minimum absolute atomic E-state index is 0.164. The van der Waals surface area contributed by atoms with Crippen LogP contribution >= 0.6 is 11.3 Å². The molecule has 0 saturated heterocycles. The summed E-state index contributed by atoms with van der Waals surface area (Å²) in [5.74, 6) is -1.50. The molecular formula is C16H24F3NS. The minimum atomic E-state index is -4.08. The molecule has 1 heterocycles. The Morgan fingerprint density at radius 3 is 2.62 bits per heavy atom. The third kappa shape index (κ3) is 4.01. The van der Waals surface area contributed by atoms with Crippen LogP contribution in [-0.4, -0.2) is 12.7 Å². The molecule has 0 spiro atoms. The van der Waals surface area contributed by atoms with E-state index in [1.54, 1.807) is 11.3 Å². The third-order valence-electron chi connectivity index (χ3n) is 4.52. The van der Waals surface area contributed by atoms with E-state index in [1.165, 1.54) is 0 Å². The molecule has 5 heteroatoms. The Kier molecular flexibility index (Phi) is 5.72. The summed E-state index contributed by atoms with van der Waals surface area (Å²) in [5, 5.41) is 5.37. The zero-order chi connectivity index (χ0) is 15.5. The SMILES string of the molecule is CCCNC(c1ccsc1C)C1CCCCC1C(F)(F)F. The lowest BCUT2D eigenvalue weighted by Gasteiger charge is -2.38. The van der Waals surface area contributed by atoms with E-state index in [0.717, 1.165) is 29.8 Å². The predicted molar refractivity (Wildman–Crippen MR) is 81.6 cm³/mol. The van der Waals surface area contributed by atoms with E-state index in [4.69, 9.17) is 0 Å². The van der Waals surface area contributed by atoms with Gasteiger partial charge < -0.3 is 5.32 Å². The second-order valence-electron chi connectivity index (χ2n) is 5.96. The van der Waals surface area contributed by atoms with Gasteiger partial charge in [-0.3, -0.25) is 0 Å². The number of alkyl halides is 3. The highest BCUT2D eigenvalue weighted by molar-refractivity contribution is 7.10. The normalized spacial score (nSPS) is 25.0. The molecule has 1 aromatic heterocycles. The number of halogens is 3. The minimum Gasteiger partial charge on any atom is -0.310 e. The maximum atomic E-state index is 13.4. The lowest BCUT2D eigenvalue weighted by atomic mass is 9.73. The van der Waals surface area contributed by atoms with Gasteiger partial charge in [0, 0.05) is 10.9 Å². The largest absolute Gasteiger partial charge is 0.392 e. The average Bonchev–Trinajstić information content (AvgIpc) is 2.85. The summed E-state index contributed by atoms with van der Waals surface area (Å²) in [4.78, 5) is 1.13. The van der Waals surface area contributed by atoms with Crippen LogP contribution < -0.4 is 5.32 Å². The highest BCUT2D eigenvalue weighted by Gasteiger charge is 2.48. The van der Waals surface area contributed by atoms with E-state index in [9.17, 15) is 13.2 Å². The van der Waals surface area contributed by atoms with E-state index in [-0.39, 0.29) is 18.4 Å². The highest BCUT2D eigenvalue weighted by Crippen LogP contribution is 2.47. The van der Waals surface area contributed by atoms with E-state index in [2.05, 4.69) is 5.32 Å². The first-order valence-corrected chi connectivity index (χ1v) is 8.67. The number of rotatable bonds is 5. The van der Waals surface area contributed by atoms with Crippen molar-refractivity contribution in [1.82, 2.24) is 5.32 Å². The van der Waals surface area contributed by atoms with Gasteiger partial charge in [-0.1, -0.05) is 19.8 Å². The highest BCUT2D eigenvalue weighted by atomic mass is 32.1. The summed E-state index contributed by atoms with van der Waals surface area (Å²) in [5.41, 5.74) is 1.06. The van der Waals surface area contributed by atoms with Gasteiger partial charge in [-0.15, -0.1) is 11.3 Å². The van der Waals surface area contributed by atoms with Crippen LogP contribution in [0.4, 0.5) is 13.2 Å². The van der Waals surface area contributed by atoms with E-state index < -0.39 is 12.1 Å². The molecule has 0 aliphatic heterocycles. The number of hydrogen-bond acceptors (Lipinski definition) is 2. The number of nitrogens with one attached hydrogen (secondary N) is 1. The monoisotopic (exact) mass is 319 g/mol. The van der Waals surface area contributed by atoms with Gasteiger partial charge in [-0.2, -0.15) is 13.2 Å². The first-order valence-electron chi connectivity index (χ1n) is 7.79. The van der Waals surface area contributed by atoms with Crippen LogP contribution in [0.5, 0.6) is 0 Å². The molecule has 1 saturated carbocycles. The van der Waals surface area contributed by atoms with Gasteiger partial charge in [0.15, 0.2) is 0 Å². The van der Waals surface area contributed by atoms with Crippen molar-refractivity contribution in [2.24, 2.45) is 11.8 Å². The van der Waals surface area contributed by atoms with E-state index in [1.807, 2.05) is 25.3 Å². The fraction of sp³-hybridized carbons (Fsp3) is 0.750. The molecule has 0 radical (unpaired) electrons. The molecule has 1 aliphatic rings. The topological polar surface area (TPSA) is 12.0 Å². The summed E-state index contributed by atoms with van der Waals surface area (Å²) in [6.45, 7) is 4.82. The zero-order valence-electron chi connectivity index (χ0n) is 12.7. The Morgan fingerprint density at radius 1 is 1.33 bits per heavy atom. The van der Waals surface area contributed by atoms with Crippen molar-refractivity contribution in [3.05, 3.63) is 21.9 Å². The molecule has 1 aromatic rings. The predicted octanol–water partition coefficient (Wildman–Crippen LogP) is 5.47. The lowest BCUT2D eigenvalue weighted by molar-refractivity contribution is -0.199. The summed E-state index contributed by atoms with van der Waals surface area (Å²) < 4.78 is 40.2. The molecule has 1 fully saturated rings. The molecule has 3 unspecified atom stereocenters. The number of hydrogen-bond donors (Lipinski definition) is 1. The van der Waals surface area contributed by atoms with E-state index in [0.29, 0.717) is 12.8 Å². The van der Waals surface area contributed by atoms with Crippen molar-refractivity contribution in [3.8, 4) is 0 Å². The third-order valence-corrected chi connectivity index (χ3v) is 5.38. The number of thiophene rings is 1. The standard InChI is InChI=1S/C16H24F3NS/c1-3-9-20-15(12-8-10-21-11(12)2)13-6-4-5-7-14(13)16(17,18)19/h8,10,13-15,20H,3-7,9H2,1-2H3.